The van der Waals surface area contributed by atoms with E-state index in [0.29, 0.717) is 39.2 Å². The lowest BCUT2D eigenvalue weighted by Gasteiger charge is -2.13. The number of carbonyl (C=O) groups excluding carboxylic acids is 1. The Balaban J connectivity index is 1.32. The average molecular weight is 566 g/mol. The molecule has 5 aromatic rings. The van der Waals surface area contributed by atoms with Crippen LogP contribution in [0, 0.1) is 0 Å². The number of benzene rings is 4. The highest BCUT2D eigenvalue weighted by molar-refractivity contribution is 6.32. The normalized spacial score (nSPS) is 11.0. The summed E-state index contributed by atoms with van der Waals surface area (Å²) in [6, 6.07) is 28.5. The molecule has 0 aliphatic carbocycles. The van der Waals surface area contributed by atoms with Crippen LogP contribution in [0.1, 0.15) is 31.8 Å². The first-order valence-corrected chi connectivity index (χ1v) is 12.9. The first kappa shape index (κ1) is 27.4. The number of fused-ring (bicyclic) bond motifs is 1. The maximum atomic E-state index is 13.2. The van der Waals surface area contributed by atoms with E-state index >= 15 is 0 Å². The number of para-hydroxylation sites is 1. The van der Waals surface area contributed by atoms with Gasteiger partial charge in [0.25, 0.3) is 5.91 Å². The van der Waals surface area contributed by atoms with Crippen molar-refractivity contribution < 1.29 is 24.2 Å². The summed E-state index contributed by atoms with van der Waals surface area (Å²) in [7, 11) is 1.49. The fourth-order valence-corrected chi connectivity index (χ4v) is 4.47. The van der Waals surface area contributed by atoms with Crippen molar-refractivity contribution >= 4 is 40.6 Å². The summed E-state index contributed by atoms with van der Waals surface area (Å²) in [4.78, 5) is 29.0. The van der Waals surface area contributed by atoms with Crippen LogP contribution in [0.4, 0.5) is 0 Å². The highest BCUT2D eigenvalue weighted by Gasteiger charge is 2.15. The Kier molecular flexibility index (Phi) is 8.22. The predicted molar refractivity (Wildman–Crippen MR) is 158 cm³/mol. The average Bonchev–Trinajstić information content (AvgIpc) is 3.00. The number of hydrazone groups is 1. The van der Waals surface area contributed by atoms with Crippen LogP contribution in [0.2, 0.25) is 5.02 Å². The fraction of sp³-hybridized carbons (Fsp3) is 0.0625. The Morgan fingerprint density at radius 2 is 1.71 bits per heavy atom. The first-order chi connectivity index (χ1) is 19.9. The van der Waals surface area contributed by atoms with E-state index < -0.39 is 5.97 Å². The van der Waals surface area contributed by atoms with Crippen LogP contribution in [0.15, 0.2) is 102 Å². The molecule has 0 radical (unpaired) electrons. The number of ether oxygens (including phenoxy) is 2. The Bertz CT molecular complexity index is 1760. The number of nitrogens with zero attached hydrogens (tertiary/aromatic N) is 2. The van der Waals surface area contributed by atoms with E-state index in [-0.39, 0.29) is 23.1 Å². The van der Waals surface area contributed by atoms with Gasteiger partial charge in [-0.15, -0.1) is 0 Å². The van der Waals surface area contributed by atoms with Crippen molar-refractivity contribution in [1.82, 2.24) is 10.4 Å². The molecule has 41 heavy (non-hydrogen) atoms. The lowest BCUT2D eigenvalue weighted by molar-refractivity contribution is 0.0696. The Morgan fingerprint density at radius 3 is 2.44 bits per heavy atom. The van der Waals surface area contributed by atoms with E-state index in [1.807, 2.05) is 54.6 Å². The van der Waals surface area contributed by atoms with Crippen molar-refractivity contribution in [2.45, 2.75) is 6.61 Å². The van der Waals surface area contributed by atoms with Gasteiger partial charge in [-0.25, -0.2) is 15.2 Å². The molecule has 8 nitrogen and oxygen atoms in total. The number of hydrogen-bond acceptors (Lipinski definition) is 6. The van der Waals surface area contributed by atoms with Crippen LogP contribution in [0.5, 0.6) is 11.5 Å². The van der Waals surface area contributed by atoms with Crippen LogP contribution in [0.25, 0.3) is 22.2 Å². The summed E-state index contributed by atoms with van der Waals surface area (Å²) in [5.74, 6) is -0.680. The second-order valence-corrected chi connectivity index (χ2v) is 9.37. The van der Waals surface area contributed by atoms with Crippen LogP contribution in [-0.2, 0) is 6.61 Å². The summed E-state index contributed by atoms with van der Waals surface area (Å²) < 4.78 is 11.3. The van der Waals surface area contributed by atoms with Crippen molar-refractivity contribution in [2.24, 2.45) is 5.10 Å². The van der Waals surface area contributed by atoms with Gasteiger partial charge >= 0.3 is 5.97 Å². The number of carboxylic acids is 1. The van der Waals surface area contributed by atoms with Crippen molar-refractivity contribution in [3.63, 3.8) is 0 Å². The zero-order valence-electron chi connectivity index (χ0n) is 21.9. The number of carbonyl (C=O) groups is 2. The number of carboxylic acid groups (broad SMARTS) is 1. The summed E-state index contributed by atoms with van der Waals surface area (Å²) in [6.07, 6.45) is 1.46. The van der Waals surface area contributed by atoms with Crippen LogP contribution >= 0.6 is 11.6 Å². The van der Waals surface area contributed by atoms with Gasteiger partial charge in [-0.2, -0.15) is 5.10 Å². The minimum absolute atomic E-state index is 0.157. The molecule has 5 rings (SSSR count). The molecule has 0 bridgehead atoms. The summed E-state index contributed by atoms with van der Waals surface area (Å²) in [5, 5.41) is 14.2. The molecule has 0 saturated heterocycles. The van der Waals surface area contributed by atoms with E-state index in [1.165, 1.54) is 25.5 Å². The SMILES string of the molecule is COc1cc(/C=N/NC(=O)c2cc(-c3ccccc3)nc3ccccc23)cc(Cl)c1OCc1ccc(C(=O)O)cc1. The lowest BCUT2D eigenvalue weighted by Crippen LogP contribution is -2.18. The second kappa shape index (κ2) is 12.3. The number of hydrogen-bond donors (Lipinski definition) is 2. The first-order valence-electron chi connectivity index (χ1n) is 12.5. The van der Waals surface area contributed by atoms with Gasteiger partial charge in [0.1, 0.15) is 6.61 Å². The van der Waals surface area contributed by atoms with E-state index in [0.717, 1.165) is 11.1 Å². The molecule has 0 saturated carbocycles. The zero-order valence-corrected chi connectivity index (χ0v) is 22.6. The topological polar surface area (TPSA) is 110 Å². The smallest absolute Gasteiger partial charge is 0.335 e. The van der Waals surface area contributed by atoms with Gasteiger partial charge in [0.2, 0.25) is 0 Å². The molecule has 0 atom stereocenters. The van der Waals surface area contributed by atoms with E-state index in [1.54, 1.807) is 30.3 Å². The van der Waals surface area contributed by atoms with Crippen molar-refractivity contribution in [3.05, 3.63) is 124 Å². The van der Waals surface area contributed by atoms with Gasteiger partial charge in [0, 0.05) is 10.9 Å². The summed E-state index contributed by atoms with van der Waals surface area (Å²) in [5.41, 5.74) is 6.86. The molecular weight excluding hydrogens is 542 g/mol. The van der Waals surface area contributed by atoms with Gasteiger partial charge in [0.05, 0.1) is 40.7 Å². The Morgan fingerprint density at radius 1 is 0.976 bits per heavy atom. The standard InChI is InChI=1S/C32H24ClN3O5/c1-40-29-16-21(15-26(33)30(29)41-19-20-11-13-23(14-12-20)32(38)39)18-34-36-31(37)25-17-28(22-7-3-2-4-8-22)35-27-10-6-5-9-24(25)27/h2-18H,19H2,1H3,(H,36,37)(H,38,39)/b34-18+. The number of nitrogens with one attached hydrogen (secondary N) is 1. The molecule has 0 unspecified atom stereocenters. The van der Waals surface area contributed by atoms with Gasteiger partial charge in [0.15, 0.2) is 11.5 Å². The van der Waals surface area contributed by atoms with Gasteiger partial charge in [-0.05, 0) is 47.5 Å². The van der Waals surface area contributed by atoms with Gasteiger partial charge in [-0.3, -0.25) is 4.79 Å². The molecular formula is C32H24ClN3O5. The number of aromatic carboxylic acids is 1. The van der Waals surface area contributed by atoms with Crippen molar-refractivity contribution in [3.8, 4) is 22.8 Å². The molecule has 9 heteroatoms. The molecule has 2 N–H and O–H groups in total. The molecule has 0 aliphatic heterocycles. The summed E-state index contributed by atoms with van der Waals surface area (Å²) in [6.45, 7) is 0.157. The molecule has 1 aromatic heterocycles. The zero-order chi connectivity index (χ0) is 28.8. The molecule has 1 amide bonds. The van der Waals surface area contributed by atoms with Crippen molar-refractivity contribution in [1.29, 1.82) is 0 Å². The Hall–Kier alpha value is -5.21. The number of aromatic nitrogens is 1. The number of rotatable bonds is 9. The van der Waals surface area contributed by atoms with Gasteiger partial charge in [-0.1, -0.05) is 72.3 Å². The molecule has 1 heterocycles. The highest BCUT2D eigenvalue weighted by Crippen LogP contribution is 2.36. The predicted octanol–water partition coefficient (Wildman–Crippen LogP) is 6.60. The maximum Gasteiger partial charge on any atom is 0.335 e. The molecule has 4 aromatic carbocycles. The Labute approximate surface area is 240 Å². The largest absolute Gasteiger partial charge is 0.493 e. The number of amides is 1. The quantitative estimate of drug-likeness (QED) is 0.154. The third kappa shape index (κ3) is 6.34. The number of methoxy groups -OCH3 is 1. The lowest BCUT2D eigenvalue weighted by atomic mass is 10.0. The minimum Gasteiger partial charge on any atom is -0.493 e. The summed E-state index contributed by atoms with van der Waals surface area (Å²) >= 11 is 6.49. The third-order valence-corrected chi connectivity index (χ3v) is 6.53. The maximum absolute atomic E-state index is 13.2. The fourth-order valence-electron chi connectivity index (χ4n) is 4.20. The number of halogens is 1. The van der Waals surface area contributed by atoms with E-state index in [4.69, 9.17) is 31.2 Å². The molecule has 204 valence electrons. The number of pyridine rings is 1. The van der Waals surface area contributed by atoms with Crippen molar-refractivity contribution in [2.75, 3.05) is 7.11 Å². The molecule has 0 fully saturated rings. The van der Waals surface area contributed by atoms with Crippen LogP contribution < -0.4 is 14.9 Å². The molecule has 0 spiro atoms. The van der Waals surface area contributed by atoms with Crippen LogP contribution in [-0.4, -0.2) is 35.3 Å². The second-order valence-electron chi connectivity index (χ2n) is 8.96. The highest BCUT2D eigenvalue weighted by atomic mass is 35.5. The van der Waals surface area contributed by atoms with E-state index in [9.17, 15) is 9.59 Å². The monoisotopic (exact) mass is 565 g/mol. The van der Waals surface area contributed by atoms with Gasteiger partial charge < -0.3 is 14.6 Å². The van der Waals surface area contributed by atoms with Crippen LogP contribution in [0.3, 0.4) is 0 Å². The third-order valence-electron chi connectivity index (χ3n) is 6.25. The minimum atomic E-state index is -0.998. The van der Waals surface area contributed by atoms with E-state index in [2.05, 4.69) is 10.5 Å². The molecule has 0 aliphatic rings.